The number of methoxy groups -OCH3 is 1. The van der Waals surface area contributed by atoms with Gasteiger partial charge in [-0.25, -0.2) is 0 Å². The van der Waals surface area contributed by atoms with Crippen LogP contribution in [0.1, 0.15) is 25.7 Å². The molecule has 17 heavy (non-hydrogen) atoms. The van der Waals surface area contributed by atoms with Gasteiger partial charge >= 0.3 is 0 Å². The van der Waals surface area contributed by atoms with Crippen molar-refractivity contribution in [2.75, 3.05) is 32.3 Å². The largest absolute Gasteiger partial charge is 0.385 e. The van der Waals surface area contributed by atoms with E-state index in [1.807, 2.05) is 6.26 Å². The van der Waals surface area contributed by atoms with Crippen molar-refractivity contribution in [3.63, 3.8) is 0 Å². The molecule has 0 aromatic heterocycles. The Morgan fingerprint density at radius 2 is 2.29 bits per heavy atom. The number of thioether (sulfide) groups is 1. The van der Waals surface area contributed by atoms with E-state index < -0.39 is 0 Å². The SMILES string of the molecule is COCCC1(CNC(=O)[C@H](N)CCSC)CC1. The van der Waals surface area contributed by atoms with Crippen LogP contribution in [0.2, 0.25) is 0 Å². The van der Waals surface area contributed by atoms with Crippen LogP contribution in [0.25, 0.3) is 0 Å². The molecule has 0 heterocycles. The summed E-state index contributed by atoms with van der Waals surface area (Å²) in [6, 6.07) is -0.360. The Bertz CT molecular complexity index is 245. The van der Waals surface area contributed by atoms with Gasteiger partial charge in [-0.15, -0.1) is 0 Å². The second kappa shape index (κ2) is 7.24. The van der Waals surface area contributed by atoms with Gasteiger partial charge in [0.1, 0.15) is 0 Å². The fourth-order valence-corrected chi connectivity index (χ4v) is 2.28. The molecule has 100 valence electrons. The Balaban J connectivity index is 2.18. The molecule has 3 N–H and O–H groups in total. The molecule has 1 atom stereocenters. The monoisotopic (exact) mass is 260 g/mol. The summed E-state index contributed by atoms with van der Waals surface area (Å²) >= 11 is 1.72. The van der Waals surface area contributed by atoms with E-state index in [0.717, 1.165) is 31.7 Å². The molecule has 0 radical (unpaired) electrons. The highest BCUT2D eigenvalue weighted by Crippen LogP contribution is 2.48. The van der Waals surface area contributed by atoms with Gasteiger partial charge < -0.3 is 15.8 Å². The summed E-state index contributed by atoms with van der Waals surface area (Å²) in [7, 11) is 1.72. The van der Waals surface area contributed by atoms with Crippen LogP contribution in [0.3, 0.4) is 0 Å². The average molecular weight is 260 g/mol. The molecule has 0 spiro atoms. The molecule has 1 aliphatic carbocycles. The van der Waals surface area contributed by atoms with E-state index in [4.69, 9.17) is 10.5 Å². The highest BCUT2D eigenvalue weighted by Gasteiger charge is 2.42. The summed E-state index contributed by atoms with van der Waals surface area (Å²) in [6.45, 7) is 1.52. The van der Waals surface area contributed by atoms with Crippen LogP contribution in [-0.2, 0) is 9.53 Å². The van der Waals surface area contributed by atoms with E-state index in [-0.39, 0.29) is 11.9 Å². The van der Waals surface area contributed by atoms with Crippen LogP contribution in [-0.4, -0.2) is 44.2 Å². The summed E-state index contributed by atoms with van der Waals surface area (Å²) in [4.78, 5) is 11.7. The van der Waals surface area contributed by atoms with E-state index in [1.54, 1.807) is 18.9 Å². The van der Waals surface area contributed by atoms with Crippen LogP contribution in [0.5, 0.6) is 0 Å². The Morgan fingerprint density at radius 1 is 1.59 bits per heavy atom. The molecule has 0 aliphatic heterocycles. The van der Waals surface area contributed by atoms with Crippen molar-refractivity contribution in [2.45, 2.75) is 31.7 Å². The number of hydrogen-bond donors (Lipinski definition) is 2. The van der Waals surface area contributed by atoms with Gasteiger partial charge in [-0.05, 0) is 43.1 Å². The lowest BCUT2D eigenvalue weighted by atomic mass is 10.0. The lowest BCUT2D eigenvalue weighted by molar-refractivity contribution is -0.122. The van der Waals surface area contributed by atoms with Gasteiger partial charge in [0, 0.05) is 20.3 Å². The van der Waals surface area contributed by atoms with Gasteiger partial charge in [0.25, 0.3) is 0 Å². The van der Waals surface area contributed by atoms with E-state index >= 15 is 0 Å². The smallest absolute Gasteiger partial charge is 0.236 e. The first kappa shape index (κ1) is 14.8. The molecule has 0 aromatic carbocycles. The summed E-state index contributed by atoms with van der Waals surface area (Å²) in [5, 5.41) is 2.97. The highest BCUT2D eigenvalue weighted by molar-refractivity contribution is 7.98. The van der Waals surface area contributed by atoms with Crippen molar-refractivity contribution in [3.8, 4) is 0 Å². The van der Waals surface area contributed by atoms with E-state index in [1.165, 1.54) is 12.8 Å². The zero-order chi connectivity index (χ0) is 12.7. The molecule has 5 heteroatoms. The van der Waals surface area contributed by atoms with Gasteiger partial charge in [0.05, 0.1) is 6.04 Å². The van der Waals surface area contributed by atoms with Crippen molar-refractivity contribution < 1.29 is 9.53 Å². The van der Waals surface area contributed by atoms with Crippen LogP contribution < -0.4 is 11.1 Å². The van der Waals surface area contributed by atoms with Gasteiger partial charge in [-0.3, -0.25) is 4.79 Å². The Hall–Kier alpha value is -0.260. The summed E-state index contributed by atoms with van der Waals surface area (Å²) in [5.74, 6) is 0.923. The molecule has 0 saturated heterocycles. The number of ether oxygens (including phenoxy) is 1. The van der Waals surface area contributed by atoms with Gasteiger partial charge in [-0.1, -0.05) is 0 Å². The maximum atomic E-state index is 11.7. The zero-order valence-electron chi connectivity index (χ0n) is 10.8. The third-order valence-electron chi connectivity index (χ3n) is 3.40. The fraction of sp³-hybridized carbons (Fsp3) is 0.917. The maximum absolute atomic E-state index is 11.7. The van der Waals surface area contributed by atoms with E-state index in [0.29, 0.717) is 5.41 Å². The van der Waals surface area contributed by atoms with Crippen molar-refractivity contribution in [3.05, 3.63) is 0 Å². The Labute approximate surface area is 108 Å². The van der Waals surface area contributed by atoms with E-state index in [9.17, 15) is 4.79 Å². The minimum atomic E-state index is -0.360. The zero-order valence-corrected chi connectivity index (χ0v) is 11.6. The van der Waals surface area contributed by atoms with Crippen LogP contribution in [0.4, 0.5) is 0 Å². The molecule has 1 rings (SSSR count). The third-order valence-corrected chi connectivity index (χ3v) is 4.04. The predicted octanol–water partition coefficient (Wildman–Crippen LogP) is 1.000. The molecule has 0 bridgehead atoms. The maximum Gasteiger partial charge on any atom is 0.236 e. The molecule has 1 aliphatic rings. The normalized spacial score (nSPS) is 18.8. The number of carbonyl (C=O) groups excluding carboxylic acids is 1. The number of carbonyl (C=O) groups is 1. The first-order valence-corrected chi connectivity index (χ1v) is 7.54. The first-order chi connectivity index (χ1) is 8.13. The van der Waals surface area contributed by atoms with Gasteiger partial charge in [0.2, 0.25) is 5.91 Å². The van der Waals surface area contributed by atoms with Crippen molar-refractivity contribution >= 4 is 17.7 Å². The average Bonchev–Trinajstić information content (AvgIpc) is 3.11. The number of amides is 1. The second-order valence-electron chi connectivity index (χ2n) is 4.85. The molecule has 0 unspecified atom stereocenters. The third kappa shape index (κ3) is 5.27. The lowest BCUT2D eigenvalue weighted by Gasteiger charge is -2.17. The van der Waals surface area contributed by atoms with Gasteiger partial charge in [0.15, 0.2) is 0 Å². The van der Waals surface area contributed by atoms with Gasteiger partial charge in [-0.2, -0.15) is 11.8 Å². The van der Waals surface area contributed by atoms with Crippen LogP contribution in [0, 0.1) is 5.41 Å². The molecular formula is C12H24N2O2S. The standard InChI is InChI=1S/C12H24N2O2S/c1-16-7-6-12(4-5-12)9-14-11(15)10(13)3-8-17-2/h10H,3-9,13H2,1-2H3,(H,14,15)/t10-/m1/s1. The van der Waals surface area contributed by atoms with Crippen LogP contribution in [0.15, 0.2) is 0 Å². The minimum absolute atomic E-state index is 0.0114. The van der Waals surface area contributed by atoms with Crippen molar-refractivity contribution in [2.24, 2.45) is 11.1 Å². The molecular weight excluding hydrogens is 236 g/mol. The molecule has 1 saturated carbocycles. The first-order valence-electron chi connectivity index (χ1n) is 6.15. The summed E-state index contributed by atoms with van der Waals surface area (Å²) < 4.78 is 5.08. The van der Waals surface area contributed by atoms with Crippen molar-refractivity contribution in [1.82, 2.24) is 5.32 Å². The predicted molar refractivity (Wildman–Crippen MR) is 72.1 cm³/mol. The quantitative estimate of drug-likeness (QED) is 0.649. The molecule has 0 aromatic rings. The second-order valence-corrected chi connectivity index (χ2v) is 5.83. The van der Waals surface area contributed by atoms with Crippen LogP contribution >= 0.6 is 11.8 Å². The lowest BCUT2D eigenvalue weighted by Crippen LogP contribution is -2.43. The molecule has 4 nitrogen and oxygen atoms in total. The Morgan fingerprint density at radius 3 is 2.82 bits per heavy atom. The number of nitrogens with two attached hydrogens (primary N) is 1. The summed E-state index contributed by atoms with van der Waals surface area (Å²) in [5.41, 5.74) is 6.10. The van der Waals surface area contributed by atoms with Crippen molar-refractivity contribution in [1.29, 1.82) is 0 Å². The molecule has 1 fully saturated rings. The number of hydrogen-bond acceptors (Lipinski definition) is 4. The topological polar surface area (TPSA) is 64.3 Å². The fourth-order valence-electron chi connectivity index (χ4n) is 1.79. The molecule has 1 amide bonds. The Kier molecular flexibility index (Phi) is 6.30. The minimum Gasteiger partial charge on any atom is -0.385 e. The summed E-state index contributed by atoms with van der Waals surface area (Å²) in [6.07, 6.45) is 6.18. The highest BCUT2D eigenvalue weighted by atomic mass is 32.2. The van der Waals surface area contributed by atoms with E-state index in [2.05, 4.69) is 5.32 Å². The number of nitrogens with one attached hydrogen (secondary N) is 1. The number of rotatable bonds is 9.